The van der Waals surface area contributed by atoms with Crippen molar-refractivity contribution in [3.05, 3.63) is 48.0 Å². The van der Waals surface area contributed by atoms with Gasteiger partial charge in [-0.15, -0.1) is 0 Å². The molecule has 0 aliphatic rings. The van der Waals surface area contributed by atoms with Crippen LogP contribution in [0.3, 0.4) is 0 Å². The van der Waals surface area contributed by atoms with Gasteiger partial charge in [0.2, 0.25) is 5.91 Å². The molecule has 2 rings (SSSR count). The maximum atomic E-state index is 12.5. The van der Waals surface area contributed by atoms with Gasteiger partial charge in [0.15, 0.2) is 0 Å². The Kier molecular flexibility index (Phi) is 19.8. The zero-order valence-electron chi connectivity index (χ0n) is 18.6. The number of rotatable bonds is 9. The molecule has 2 aromatic rings. The van der Waals surface area contributed by atoms with E-state index < -0.39 is 31.7 Å². The Morgan fingerprint density at radius 1 is 0.968 bits per heavy atom. The molecule has 0 saturated carbocycles. The Labute approximate surface area is 309 Å². The molecule has 0 saturated heterocycles. The van der Waals surface area contributed by atoms with Gasteiger partial charge in [0.05, 0.1) is 18.1 Å². The molecule has 0 heterocycles. The van der Waals surface area contributed by atoms with Crippen molar-refractivity contribution in [1.82, 2.24) is 10.4 Å². The number of carboxylic acid groups (broad SMARTS) is 1. The Bertz CT molecular complexity index is 904. The molecule has 0 bridgehead atoms. The van der Waals surface area contributed by atoms with E-state index in [1.807, 2.05) is 30.3 Å². The van der Waals surface area contributed by atoms with Crippen LogP contribution in [-0.2, 0) is 20.6 Å². The van der Waals surface area contributed by atoms with Crippen molar-refractivity contribution in [2.45, 2.75) is 38.8 Å². The van der Waals surface area contributed by atoms with Crippen LogP contribution in [0.1, 0.15) is 25.8 Å². The summed E-state index contributed by atoms with van der Waals surface area (Å²) in [5, 5.41) is 17.4. The van der Waals surface area contributed by atoms with E-state index in [1.165, 1.54) is 0 Å². The number of fused-ring (bicyclic) bond motifs is 1. The summed E-state index contributed by atoms with van der Waals surface area (Å²) in [4.78, 5) is 46.1. The number of hydrogen-bond acceptors (Lipinski definition) is 6. The van der Waals surface area contributed by atoms with Crippen molar-refractivity contribution in [3.63, 3.8) is 0 Å². The number of nitrogens with one attached hydrogen (secondary N) is 2. The standard InChI is InChI=1S/C19H25N2O6P.3K/c1-12(2)10-16(21-28(25,26)27)18(22)20-17(19(23)24)11-14-8-5-7-13-6-3-4-9-15(13)14;;;/h3-9,12,16-17H,10-11H2,1-2H3,(H,20,22)(H,23,24)(H3,21,25,26,27);;;/q;3*+1/p-3/t16-,17-;;;/m0.../s1. The summed E-state index contributed by atoms with van der Waals surface area (Å²) >= 11 is 0. The van der Waals surface area contributed by atoms with Crippen molar-refractivity contribution < 1.29 is 183 Å². The molecular formula is C19H22K3N2O6P. The normalized spacial score (nSPS) is 12.7. The molecule has 2 atom stereocenters. The first-order valence-corrected chi connectivity index (χ1v) is 10.4. The van der Waals surface area contributed by atoms with Crippen molar-refractivity contribution in [2.24, 2.45) is 5.92 Å². The molecule has 0 fully saturated rings. The zero-order chi connectivity index (χ0) is 20.9. The van der Waals surface area contributed by atoms with E-state index in [0.29, 0.717) is 5.56 Å². The third kappa shape index (κ3) is 13.0. The summed E-state index contributed by atoms with van der Waals surface area (Å²) in [7, 11) is -5.17. The topological polar surface area (TPSA) is 144 Å². The summed E-state index contributed by atoms with van der Waals surface area (Å²) in [5.74, 6) is -2.48. The second-order valence-corrected chi connectivity index (χ2v) is 8.28. The number of benzene rings is 2. The van der Waals surface area contributed by atoms with E-state index in [1.54, 1.807) is 31.1 Å². The monoisotopic (exact) mass is 522 g/mol. The van der Waals surface area contributed by atoms with Gasteiger partial charge in [-0.25, -0.2) is 0 Å². The van der Waals surface area contributed by atoms with E-state index >= 15 is 0 Å². The molecule has 0 spiro atoms. The predicted octanol–water partition coefficient (Wildman–Crippen LogP) is -9.54. The molecule has 2 N–H and O–H groups in total. The number of carbonyl (C=O) groups excluding carboxylic acids is 2. The van der Waals surface area contributed by atoms with Gasteiger partial charge in [0, 0.05) is 0 Å². The van der Waals surface area contributed by atoms with Gasteiger partial charge in [-0.1, -0.05) is 56.3 Å². The average Bonchev–Trinajstić information content (AvgIpc) is 2.59. The third-order valence-electron chi connectivity index (χ3n) is 4.24. The van der Waals surface area contributed by atoms with E-state index in [4.69, 9.17) is 0 Å². The maximum Gasteiger partial charge on any atom is 1.00 e. The number of carbonyl (C=O) groups is 2. The molecule has 0 radical (unpaired) electrons. The van der Waals surface area contributed by atoms with Gasteiger partial charge in [-0.05, 0) is 42.8 Å². The van der Waals surface area contributed by atoms with Crippen LogP contribution in [0, 0.1) is 5.92 Å². The minimum absolute atomic E-state index is 0. The zero-order valence-corrected chi connectivity index (χ0v) is 28.8. The van der Waals surface area contributed by atoms with Crippen LogP contribution in [-0.4, -0.2) is 24.0 Å². The molecular weight excluding hydrogens is 500 g/mol. The van der Waals surface area contributed by atoms with E-state index in [2.05, 4.69) is 5.32 Å². The van der Waals surface area contributed by atoms with Crippen molar-refractivity contribution in [1.29, 1.82) is 0 Å². The van der Waals surface area contributed by atoms with E-state index in [0.717, 1.165) is 10.8 Å². The van der Waals surface area contributed by atoms with Crippen LogP contribution in [0.15, 0.2) is 42.5 Å². The first kappa shape index (κ1) is 35.8. The number of carboxylic acids is 1. The van der Waals surface area contributed by atoms with Crippen molar-refractivity contribution >= 4 is 30.4 Å². The molecule has 152 valence electrons. The fourth-order valence-electron chi connectivity index (χ4n) is 3.04. The fourth-order valence-corrected chi connectivity index (χ4v) is 3.64. The molecule has 12 heteroatoms. The Balaban J connectivity index is 0. The van der Waals surface area contributed by atoms with E-state index in [9.17, 15) is 29.0 Å². The van der Waals surface area contributed by atoms with Crippen molar-refractivity contribution in [3.8, 4) is 0 Å². The molecule has 1 amide bonds. The summed E-state index contributed by atoms with van der Waals surface area (Å²) in [5.41, 5.74) is 0.694. The second-order valence-electron chi connectivity index (χ2n) is 7.03. The first-order valence-electron chi connectivity index (χ1n) is 8.84. The Hall–Kier alpha value is 2.66. The average molecular weight is 523 g/mol. The number of amides is 1. The molecule has 0 aromatic heterocycles. The van der Waals surface area contributed by atoms with Crippen LogP contribution in [0.5, 0.6) is 0 Å². The smallest absolute Gasteiger partial charge is 0.799 e. The molecule has 0 aliphatic heterocycles. The third-order valence-corrected chi connectivity index (χ3v) is 4.87. The quantitative estimate of drug-likeness (QED) is 0.246. The molecule has 0 unspecified atom stereocenters. The van der Waals surface area contributed by atoms with Crippen molar-refractivity contribution in [2.75, 3.05) is 0 Å². The Morgan fingerprint density at radius 3 is 2.10 bits per heavy atom. The maximum absolute atomic E-state index is 12.5. The number of aliphatic carboxylic acids is 1. The summed E-state index contributed by atoms with van der Waals surface area (Å²) in [6, 6.07) is 10.1. The molecule has 2 aromatic carbocycles. The van der Waals surface area contributed by atoms with E-state index in [-0.39, 0.29) is 173 Å². The SMILES string of the molecule is CC(C)C[C@H](NP(=O)([O-])[O-])C(=O)N[C@@H](Cc1cccc2ccccc12)C(=O)[O-].[K+].[K+].[K+]. The summed E-state index contributed by atoms with van der Waals surface area (Å²) in [6.07, 6.45) is 0.00454. The largest absolute Gasteiger partial charge is 1.00 e. The minimum Gasteiger partial charge on any atom is -0.799 e. The predicted molar refractivity (Wildman–Crippen MR) is 98.6 cm³/mol. The van der Waals surface area contributed by atoms with Crippen LogP contribution in [0.25, 0.3) is 10.8 Å². The summed E-state index contributed by atoms with van der Waals surface area (Å²) in [6.45, 7) is 3.49. The van der Waals surface area contributed by atoms with Gasteiger partial charge < -0.3 is 29.6 Å². The Morgan fingerprint density at radius 2 is 1.55 bits per heavy atom. The molecule has 8 nitrogen and oxygen atoms in total. The van der Waals surface area contributed by atoms with Gasteiger partial charge in [-0.2, -0.15) is 0 Å². The first-order chi connectivity index (χ1) is 13.1. The minimum atomic E-state index is -5.17. The van der Waals surface area contributed by atoms with Crippen LogP contribution < -0.4 is 179 Å². The fraction of sp³-hybridized carbons (Fsp3) is 0.368. The van der Waals surface area contributed by atoms with Crippen LogP contribution in [0.2, 0.25) is 0 Å². The van der Waals surface area contributed by atoms with Crippen LogP contribution >= 0.6 is 7.75 Å². The second kappa shape index (κ2) is 17.2. The summed E-state index contributed by atoms with van der Waals surface area (Å²) < 4.78 is 11.0. The van der Waals surface area contributed by atoms with Gasteiger partial charge in [-0.3, -0.25) is 9.88 Å². The molecule has 0 aliphatic carbocycles. The van der Waals surface area contributed by atoms with Gasteiger partial charge in [0.1, 0.15) is 0 Å². The molecule has 31 heavy (non-hydrogen) atoms. The van der Waals surface area contributed by atoms with Crippen LogP contribution in [0.4, 0.5) is 0 Å². The van der Waals surface area contributed by atoms with Gasteiger partial charge >= 0.3 is 154 Å². The number of hydrogen-bond donors (Lipinski definition) is 2. The van der Waals surface area contributed by atoms with Gasteiger partial charge in [0.25, 0.3) is 0 Å².